The van der Waals surface area contributed by atoms with Gasteiger partial charge in [-0.3, -0.25) is 0 Å². The third-order valence-electron chi connectivity index (χ3n) is 5.82. The number of aliphatic hydroxyl groups is 2. The van der Waals surface area contributed by atoms with Crippen LogP contribution in [-0.4, -0.2) is 45.5 Å². The molecule has 2 aromatic rings. The highest BCUT2D eigenvalue weighted by Gasteiger charge is 2.42. The molecule has 0 radical (unpaired) electrons. The van der Waals surface area contributed by atoms with E-state index in [1.807, 2.05) is 36.4 Å². The number of nitrogens with one attached hydrogen (secondary N) is 1. The van der Waals surface area contributed by atoms with Crippen molar-refractivity contribution < 1.29 is 10.2 Å². The number of aliphatic hydroxyl groups excluding tert-OH is 2. The van der Waals surface area contributed by atoms with Gasteiger partial charge in [0.2, 0.25) is 0 Å². The Kier molecular flexibility index (Phi) is 5.29. The Morgan fingerprint density at radius 1 is 1.08 bits per heavy atom. The summed E-state index contributed by atoms with van der Waals surface area (Å²) in [6.45, 7) is 1.04. The zero-order valence-corrected chi connectivity index (χ0v) is 15.0. The Bertz CT molecular complexity index is 720. The topological polar surface area (TPSA) is 78.3 Å². The number of hydrogen-bond acceptors (Lipinski definition) is 5. The van der Waals surface area contributed by atoms with E-state index in [2.05, 4.69) is 10.3 Å². The smallest absolute Gasteiger partial charge is 0.159 e. The number of nitrogens with zero attached hydrogens (tertiary/aromatic N) is 2. The van der Waals surface area contributed by atoms with E-state index in [-0.39, 0.29) is 24.5 Å². The Hall–Kier alpha value is -1.82. The van der Waals surface area contributed by atoms with Crippen molar-refractivity contribution in [3.63, 3.8) is 0 Å². The lowest BCUT2D eigenvalue weighted by molar-refractivity contribution is 0.0716. The highest BCUT2D eigenvalue weighted by atomic mass is 16.3. The highest BCUT2D eigenvalue weighted by molar-refractivity contribution is 5.54. The maximum absolute atomic E-state index is 10.4. The van der Waals surface area contributed by atoms with Crippen molar-refractivity contribution in [2.75, 3.05) is 13.2 Å². The van der Waals surface area contributed by atoms with E-state index >= 15 is 0 Å². The Morgan fingerprint density at radius 2 is 1.88 bits per heavy atom. The third kappa shape index (κ3) is 3.95. The molecule has 138 valence electrons. The van der Waals surface area contributed by atoms with E-state index in [0.717, 1.165) is 36.0 Å². The highest BCUT2D eigenvalue weighted by Crippen LogP contribution is 2.36. The van der Waals surface area contributed by atoms with Crippen molar-refractivity contribution in [3.8, 4) is 11.4 Å². The molecule has 0 aliphatic heterocycles. The van der Waals surface area contributed by atoms with Gasteiger partial charge in [0, 0.05) is 36.0 Å². The standard InChI is InChI=1S/C21H27N3O2/c25-13-18-17(19(11-20(18)26)23-12-14-6-7-14)10-16-8-9-22-21(24-16)15-4-2-1-3-5-15/h1-5,8-9,14,17-20,23,25-26H,6-7,10-13H2. The first-order chi connectivity index (χ1) is 12.7. The summed E-state index contributed by atoms with van der Waals surface area (Å²) in [4.78, 5) is 9.14. The predicted molar refractivity (Wildman–Crippen MR) is 100 cm³/mol. The molecule has 2 aliphatic carbocycles. The van der Waals surface area contributed by atoms with Gasteiger partial charge in [-0.2, -0.15) is 0 Å². The molecule has 4 atom stereocenters. The van der Waals surface area contributed by atoms with Gasteiger partial charge in [-0.05, 0) is 50.1 Å². The number of rotatable bonds is 7. The summed E-state index contributed by atoms with van der Waals surface area (Å²) in [5.41, 5.74) is 1.97. The average Bonchev–Trinajstić information content (AvgIpc) is 3.45. The summed E-state index contributed by atoms with van der Waals surface area (Å²) in [5.74, 6) is 1.61. The van der Waals surface area contributed by atoms with Crippen LogP contribution in [0.2, 0.25) is 0 Å². The monoisotopic (exact) mass is 353 g/mol. The van der Waals surface area contributed by atoms with E-state index in [1.54, 1.807) is 6.20 Å². The third-order valence-corrected chi connectivity index (χ3v) is 5.82. The number of aromatic nitrogens is 2. The molecule has 2 fully saturated rings. The molecule has 26 heavy (non-hydrogen) atoms. The molecule has 4 rings (SSSR count). The molecule has 0 bridgehead atoms. The summed E-state index contributed by atoms with van der Waals surface area (Å²) in [6, 6.07) is 12.2. The van der Waals surface area contributed by atoms with Crippen molar-refractivity contribution in [1.29, 1.82) is 0 Å². The quantitative estimate of drug-likeness (QED) is 0.710. The second kappa shape index (κ2) is 7.82. The zero-order valence-electron chi connectivity index (χ0n) is 15.0. The Labute approximate surface area is 154 Å². The molecule has 1 heterocycles. The number of hydrogen-bond donors (Lipinski definition) is 3. The lowest BCUT2D eigenvalue weighted by atomic mass is 9.88. The van der Waals surface area contributed by atoms with Crippen LogP contribution in [0.4, 0.5) is 0 Å². The predicted octanol–water partition coefficient (Wildman–Crippen LogP) is 2.04. The lowest BCUT2D eigenvalue weighted by Gasteiger charge is -2.25. The minimum atomic E-state index is -0.447. The van der Waals surface area contributed by atoms with Gasteiger partial charge in [-0.25, -0.2) is 9.97 Å². The van der Waals surface area contributed by atoms with Crippen LogP contribution in [0.1, 0.15) is 25.0 Å². The normalized spacial score (nSPS) is 28.4. The molecular formula is C21H27N3O2. The van der Waals surface area contributed by atoms with Crippen LogP contribution in [0.15, 0.2) is 42.6 Å². The molecule has 4 unspecified atom stereocenters. The molecule has 3 N–H and O–H groups in total. The van der Waals surface area contributed by atoms with Crippen molar-refractivity contribution in [3.05, 3.63) is 48.3 Å². The van der Waals surface area contributed by atoms with E-state index in [9.17, 15) is 10.2 Å². The van der Waals surface area contributed by atoms with Crippen LogP contribution in [0.25, 0.3) is 11.4 Å². The van der Waals surface area contributed by atoms with Gasteiger partial charge in [-0.1, -0.05) is 30.3 Å². The van der Waals surface area contributed by atoms with Crippen molar-refractivity contribution >= 4 is 0 Å². The molecule has 0 amide bonds. The molecule has 2 aliphatic rings. The largest absolute Gasteiger partial charge is 0.396 e. The minimum Gasteiger partial charge on any atom is -0.396 e. The second-order valence-corrected chi connectivity index (χ2v) is 7.71. The van der Waals surface area contributed by atoms with Crippen LogP contribution in [0, 0.1) is 17.8 Å². The maximum atomic E-state index is 10.4. The van der Waals surface area contributed by atoms with Gasteiger partial charge in [0.15, 0.2) is 5.82 Å². The molecule has 2 saturated carbocycles. The fraction of sp³-hybridized carbons (Fsp3) is 0.524. The minimum absolute atomic E-state index is 0.0179. The molecule has 0 saturated heterocycles. The van der Waals surface area contributed by atoms with E-state index in [0.29, 0.717) is 6.42 Å². The van der Waals surface area contributed by atoms with Gasteiger partial charge in [0.25, 0.3) is 0 Å². The van der Waals surface area contributed by atoms with Crippen LogP contribution in [0.5, 0.6) is 0 Å². The summed E-state index contributed by atoms with van der Waals surface area (Å²) >= 11 is 0. The summed E-state index contributed by atoms with van der Waals surface area (Å²) in [7, 11) is 0. The van der Waals surface area contributed by atoms with Gasteiger partial charge in [0.05, 0.1) is 6.10 Å². The Balaban J connectivity index is 1.51. The van der Waals surface area contributed by atoms with Crippen LogP contribution >= 0.6 is 0 Å². The second-order valence-electron chi connectivity index (χ2n) is 7.71. The van der Waals surface area contributed by atoms with Crippen LogP contribution in [0.3, 0.4) is 0 Å². The van der Waals surface area contributed by atoms with E-state index in [4.69, 9.17) is 4.98 Å². The summed E-state index contributed by atoms with van der Waals surface area (Å²) < 4.78 is 0. The van der Waals surface area contributed by atoms with Crippen molar-refractivity contribution in [1.82, 2.24) is 15.3 Å². The van der Waals surface area contributed by atoms with Crippen LogP contribution < -0.4 is 5.32 Å². The molecule has 5 heteroatoms. The first-order valence-electron chi connectivity index (χ1n) is 9.64. The first kappa shape index (κ1) is 17.6. The van der Waals surface area contributed by atoms with Gasteiger partial charge < -0.3 is 15.5 Å². The molecule has 0 spiro atoms. The molecular weight excluding hydrogens is 326 g/mol. The van der Waals surface area contributed by atoms with Gasteiger partial charge in [0.1, 0.15) is 0 Å². The lowest BCUT2D eigenvalue weighted by Crippen LogP contribution is -2.37. The first-order valence-corrected chi connectivity index (χ1v) is 9.64. The van der Waals surface area contributed by atoms with E-state index in [1.165, 1.54) is 12.8 Å². The Morgan fingerprint density at radius 3 is 2.62 bits per heavy atom. The number of benzene rings is 1. The fourth-order valence-corrected chi connectivity index (χ4v) is 4.10. The molecule has 1 aromatic carbocycles. The van der Waals surface area contributed by atoms with Gasteiger partial charge in [-0.15, -0.1) is 0 Å². The zero-order chi connectivity index (χ0) is 17.9. The molecule has 1 aromatic heterocycles. The van der Waals surface area contributed by atoms with Crippen molar-refractivity contribution in [2.24, 2.45) is 17.8 Å². The fourth-order valence-electron chi connectivity index (χ4n) is 4.10. The maximum Gasteiger partial charge on any atom is 0.159 e. The van der Waals surface area contributed by atoms with E-state index < -0.39 is 6.10 Å². The summed E-state index contributed by atoms with van der Waals surface area (Å²) in [5, 5.41) is 23.8. The molecule has 5 nitrogen and oxygen atoms in total. The average molecular weight is 353 g/mol. The van der Waals surface area contributed by atoms with Crippen molar-refractivity contribution in [2.45, 2.75) is 37.8 Å². The van der Waals surface area contributed by atoms with Crippen LogP contribution in [-0.2, 0) is 6.42 Å². The summed E-state index contributed by atoms with van der Waals surface area (Å²) in [6.07, 6.45) is 5.42. The van der Waals surface area contributed by atoms with Gasteiger partial charge >= 0.3 is 0 Å². The SMILES string of the molecule is OCC1C(O)CC(NCC2CC2)C1Cc1ccnc(-c2ccccc2)n1.